The van der Waals surface area contributed by atoms with Crippen molar-refractivity contribution in [2.45, 2.75) is 38.9 Å². The average molecular weight is 372 g/mol. The lowest BCUT2D eigenvalue weighted by Gasteiger charge is -2.20. The van der Waals surface area contributed by atoms with Crippen molar-refractivity contribution in [2.75, 3.05) is 6.61 Å². The first kappa shape index (κ1) is 17.0. The minimum Gasteiger partial charge on any atom is -0.462 e. The van der Waals surface area contributed by atoms with Crippen LogP contribution < -0.4 is 5.56 Å². The molecule has 0 spiro atoms. The number of nitrogens with zero attached hydrogens (tertiary/aromatic N) is 3. The molecule has 0 aromatic carbocycles. The zero-order chi connectivity index (χ0) is 18.1. The Balaban J connectivity index is 1.64. The van der Waals surface area contributed by atoms with Gasteiger partial charge in [0.15, 0.2) is 5.65 Å². The molecule has 0 bridgehead atoms. The summed E-state index contributed by atoms with van der Waals surface area (Å²) in [5.74, 6) is -0.479. The van der Waals surface area contributed by atoms with Gasteiger partial charge in [0.05, 0.1) is 12.3 Å². The Morgan fingerprint density at radius 2 is 2.31 bits per heavy atom. The zero-order valence-corrected chi connectivity index (χ0v) is 15.3. The molecule has 1 aliphatic carbocycles. The molecule has 4 rings (SSSR count). The molecule has 0 radical (unpaired) electrons. The van der Waals surface area contributed by atoms with Crippen LogP contribution in [0.15, 0.2) is 34.6 Å². The van der Waals surface area contributed by atoms with Crippen molar-refractivity contribution >= 4 is 23.0 Å². The number of thiophene rings is 1. The molecule has 1 aliphatic rings. The summed E-state index contributed by atoms with van der Waals surface area (Å²) in [6.07, 6.45) is 3.81. The molecule has 1 N–H and O–H groups in total. The summed E-state index contributed by atoms with van der Waals surface area (Å²) in [5.41, 5.74) is 1.04. The first-order valence-corrected chi connectivity index (χ1v) is 9.57. The van der Waals surface area contributed by atoms with Crippen LogP contribution in [0.3, 0.4) is 0 Å². The van der Waals surface area contributed by atoms with E-state index in [4.69, 9.17) is 4.74 Å². The van der Waals surface area contributed by atoms with Gasteiger partial charge < -0.3 is 4.74 Å². The number of hydrogen-bond donors (Lipinski definition) is 1. The van der Waals surface area contributed by atoms with Gasteiger partial charge in [0.1, 0.15) is 5.56 Å². The van der Waals surface area contributed by atoms with E-state index in [1.165, 1.54) is 34.5 Å². The predicted molar refractivity (Wildman–Crippen MR) is 98.4 cm³/mol. The fourth-order valence-corrected chi connectivity index (χ4v) is 3.76. The topological polar surface area (TPSA) is 79.7 Å². The van der Waals surface area contributed by atoms with Gasteiger partial charge in [-0.15, -0.1) is 11.3 Å². The van der Waals surface area contributed by atoms with Crippen LogP contribution in [0.25, 0.3) is 5.65 Å². The van der Waals surface area contributed by atoms with Crippen molar-refractivity contribution in [1.82, 2.24) is 19.5 Å². The molecule has 1 fully saturated rings. The third-order valence-electron chi connectivity index (χ3n) is 4.41. The second-order valence-electron chi connectivity index (χ2n) is 6.37. The van der Waals surface area contributed by atoms with E-state index in [-0.39, 0.29) is 17.7 Å². The van der Waals surface area contributed by atoms with Crippen molar-refractivity contribution in [2.24, 2.45) is 0 Å². The molecule has 0 aliphatic heterocycles. The normalized spacial score (nSPS) is 14.2. The van der Waals surface area contributed by atoms with Gasteiger partial charge >= 0.3 is 5.97 Å². The Kier molecular flexibility index (Phi) is 4.60. The molecule has 3 aromatic heterocycles. The van der Waals surface area contributed by atoms with E-state index in [9.17, 15) is 9.59 Å². The van der Waals surface area contributed by atoms with Gasteiger partial charge in [-0.1, -0.05) is 6.07 Å². The molecule has 136 valence electrons. The van der Waals surface area contributed by atoms with Crippen molar-refractivity contribution < 1.29 is 9.53 Å². The van der Waals surface area contributed by atoms with E-state index in [0.29, 0.717) is 23.9 Å². The summed E-state index contributed by atoms with van der Waals surface area (Å²) in [6.45, 7) is 3.45. The minimum atomic E-state index is -0.479. The Bertz CT molecular complexity index is 972. The molecule has 8 heteroatoms. The second kappa shape index (κ2) is 7.05. The maximum atomic E-state index is 12.4. The predicted octanol–water partition coefficient (Wildman–Crippen LogP) is 2.43. The highest BCUT2D eigenvalue weighted by molar-refractivity contribution is 7.09. The number of carbonyl (C=O) groups excluding carboxylic acids is 1. The Morgan fingerprint density at radius 3 is 3.00 bits per heavy atom. The molecule has 0 unspecified atom stereocenters. The summed E-state index contributed by atoms with van der Waals surface area (Å²) in [4.78, 5) is 32.7. The molecule has 1 saturated carbocycles. The molecule has 3 heterocycles. The van der Waals surface area contributed by atoms with Crippen LogP contribution in [-0.2, 0) is 17.8 Å². The van der Waals surface area contributed by atoms with E-state index in [1.807, 2.05) is 6.07 Å². The lowest BCUT2D eigenvalue weighted by Crippen LogP contribution is -2.27. The van der Waals surface area contributed by atoms with Crippen LogP contribution in [0.2, 0.25) is 0 Å². The van der Waals surface area contributed by atoms with Gasteiger partial charge in [-0.3, -0.25) is 14.8 Å². The Morgan fingerprint density at radius 1 is 1.46 bits per heavy atom. The second-order valence-corrected chi connectivity index (χ2v) is 7.40. The summed E-state index contributed by atoms with van der Waals surface area (Å²) in [5, 5.41) is 4.85. The highest BCUT2D eigenvalue weighted by Crippen LogP contribution is 2.30. The molecular weight excluding hydrogens is 352 g/mol. The number of aromatic nitrogens is 3. The smallest absolute Gasteiger partial charge is 0.343 e. The highest BCUT2D eigenvalue weighted by Gasteiger charge is 2.30. The molecular formula is C18H20N4O3S. The fourth-order valence-electron chi connectivity index (χ4n) is 3.03. The van der Waals surface area contributed by atoms with Crippen LogP contribution in [0.1, 0.15) is 40.7 Å². The maximum Gasteiger partial charge on any atom is 0.343 e. The first-order valence-electron chi connectivity index (χ1n) is 8.69. The molecule has 0 saturated heterocycles. The number of esters is 1. The Labute approximate surface area is 154 Å². The van der Waals surface area contributed by atoms with Gasteiger partial charge in [-0.2, -0.15) is 0 Å². The van der Waals surface area contributed by atoms with Crippen LogP contribution >= 0.6 is 11.3 Å². The quantitative estimate of drug-likeness (QED) is 0.645. The summed E-state index contributed by atoms with van der Waals surface area (Å²) in [6, 6.07) is 6.24. The third-order valence-corrected chi connectivity index (χ3v) is 5.27. The number of nitrogens with one attached hydrogen (secondary N) is 1. The number of aromatic amines is 1. The van der Waals surface area contributed by atoms with Crippen molar-refractivity contribution in [3.05, 3.63) is 56.3 Å². The largest absolute Gasteiger partial charge is 0.462 e. The lowest BCUT2D eigenvalue weighted by atomic mass is 10.3. The summed E-state index contributed by atoms with van der Waals surface area (Å²) >= 11 is 1.73. The number of ether oxygens (including phenoxy) is 1. The summed E-state index contributed by atoms with van der Waals surface area (Å²) < 4.78 is 6.32. The van der Waals surface area contributed by atoms with Gasteiger partial charge in [0.25, 0.3) is 5.56 Å². The van der Waals surface area contributed by atoms with E-state index >= 15 is 0 Å². The van der Waals surface area contributed by atoms with Gasteiger partial charge in [-0.25, -0.2) is 14.3 Å². The number of rotatable bonds is 7. The van der Waals surface area contributed by atoms with Crippen LogP contribution in [-0.4, -0.2) is 38.1 Å². The minimum absolute atomic E-state index is 0.229. The maximum absolute atomic E-state index is 12.4. The van der Waals surface area contributed by atoms with Crippen LogP contribution in [0.5, 0.6) is 0 Å². The van der Waals surface area contributed by atoms with E-state index in [1.54, 1.807) is 18.3 Å². The number of carbonyl (C=O) groups is 1. The molecule has 0 amide bonds. The van der Waals surface area contributed by atoms with E-state index in [0.717, 1.165) is 6.54 Å². The number of fused-ring (bicyclic) bond motifs is 1. The average Bonchev–Trinajstić information content (AvgIpc) is 3.16. The molecule has 0 atom stereocenters. The lowest BCUT2D eigenvalue weighted by molar-refractivity contribution is 0.0528. The Hall–Kier alpha value is -2.45. The zero-order valence-electron chi connectivity index (χ0n) is 14.5. The van der Waals surface area contributed by atoms with Gasteiger partial charge in [0, 0.05) is 36.3 Å². The molecule has 3 aromatic rings. The SMILES string of the molecule is CCOC(=O)c1c[nH]n2c(=O)cc(CN(Cc3cccs3)C3CC3)nc12. The number of hydrogen-bond acceptors (Lipinski definition) is 6. The van der Waals surface area contributed by atoms with Gasteiger partial charge in [-0.05, 0) is 31.2 Å². The van der Waals surface area contributed by atoms with Crippen molar-refractivity contribution in [1.29, 1.82) is 0 Å². The van der Waals surface area contributed by atoms with Gasteiger partial charge in [0.2, 0.25) is 0 Å². The standard InChI is InChI=1S/C18H20N4O3S/c1-2-25-18(24)15-9-19-22-16(23)8-12(20-17(15)22)10-21(13-5-6-13)11-14-4-3-7-26-14/h3-4,7-9,13,19H,2,5-6,10-11H2,1H3. The molecule has 26 heavy (non-hydrogen) atoms. The highest BCUT2D eigenvalue weighted by atomic mass is 32.1. The fraction of sp³-hybridized carbons (Fsp3) is 0.389. The van der Waals surface area contributed by atoms with E-state index in [2.05, 4.69) is 26.4 Å². The first-order chi connectivity index (χ1) is 12.7. The third kappa shape index (κ3) is 3.42. The monoisotopic (exact) mass is 372 g/mol. The summed E-state index contributed by atoms with van der Waals surface area (Å²) in [7, 11) is 0. The van der Waals surface area contributed by atoms with Crippen LogP contribution in [0.4, 0.5) is 0 Å². The van der Waals surface area contributed by atoms with Crippen molar-refractivity contribution in [3.63, 3.8) is 0 Å². The molecule has 7 nitrogen and oxygen atoms in total. The van der Waals surface area contributed by atoms with Crippen LogP contribution in [0, 0.1) is 0 Å². The number of H-pyrrole nitrogens is 1. The van der Waals surface area contributed by atoms with Crippen molar-refractivity contribution in [3.8, 4) is 0 Å². The van der Waals surface area contributed by atoms with E-state index < -0.39 is 5.97 Å².